The fourth-order valence-electron chi connectivity index (χ4n) is 2.88. The predicted molar refractivity (Wildman–Crippen MR) is 82.2 cm³/mol. The van der Waals surface area contributed by atoms with E-state index in [-0.39, 0.29) is 18.7 Å². The van der Waals surface area contributed by atoms with Crippen LogP contribution in [0.1, 0.15) is 11.6 Å². The first-order valence-corrected chi connectivity index (χ1v) is 7.27. The SMILES string of the molecule is N[C@H]1C(=O)N(c2ccc3c(c2)OCO3)[C@@H]1c1ccccc1Cl. The molecule has 5 nitrogen and oxygen atoms in total. The summed E-state index contributed by atoms with van der Waals surface area (Å²) in [5.41, 5.74) is 7.57. The molecule has 0 spiro atoms. The Hall–Kier alpha value is -2.24. The van der Waals surface area contributed by atoms with E-state index in [1.165, 1.54) is 0 Å². The lowest BCUT2D eigenvalue weighted by Crippen LogP contribution is -2.63. The van der Waals surface area contributed by atoms with Crippen molar-refractivity contribution in [3.63, 3.8) is 0 Å². The van der Waals surface area contributed by atoms with Gasteiger partial charge in [-0.3, -0.25) is 4.79 Å². The molecule has 0 saturated carbocycles. The number of rotatable bonds is 2. The van der Waals surface area contributed by atoms with Crippen LogP contribution in [-0.4, -0.2) is 18.7 Å². The number of ether oxygens (including phenoxy) is 2. The third-order valence-corrected chi connectivity index (χ3v) is 4.34. The van der Waals surface area contributed by atoms with Gasteiger partial charge in [0.25, 0.3) is 0 Å². The van der Waals surface area contributed by atoms with Gasteiger partial charge in [-0.05, 0) is 23.8 Å². The van der Waals surface area contributed by atoms with Gasteiger partial charge in [0, 0.05) is 16.8 Å². The summed E-state index contributed by atoms with van der Waals surface area (Å²) in [7, 11) is 0. The molecule has 2 aliphatic rings. The quantitative estimate of drug-likeness (QED) is 0.865. The second-order valence-electron chi connectivity index (χ2n) is 5.24. The Balaban J connectivity index is 1.74. The van der Waals surface area contributed by atoms with Crippen LogP contribution in [0.2, 0.25) is 5.02 Å². The summed E-state index contributed by atoms with van der Waals surface area (Å²) in [4.78, 5) is 13.9. The lowest BCUT2D eigenvalue weighted by molar-refractivity contribution is -0.126. The molecule has 1 amide bonds. The molecule has 2 heterocycles. The van der Waals surface area contributed by atoms with Gasteiger partial charge in [0.15, 0.2) is 11.5 Å². The lowest BCUT2D eigenvalue weighted by atomic mass is 9.88. The first-order chi connectivity index (χ1) is 10.7. The summed E-state index contributed by atoms with van der Waals surface area (Å²) < 4.78 is 10.7. The molecule has 1 saturated heterocycles. The summed E-state index contributed by atoms with van der Waals surface area (Å²) in [6, 6.07) is 11.9. The molecule has 112 valence electrons. The van der Waals surface area contributed by atoms with Gasteiger partial charge >= 0.3 is 0 Å². The molecule has 2 aromatic carbocycles. The number of amides is 1. The summed E-state index contributed by atoms with van der Waals surface area (Å²) in [5, 5.41) is 0.598. The van der Waals surface area contributed by atoms with Gasteiger partial charge < -0.3 is 20.1 Å². The van der Waals surface area contributed by atoms with E-state index >= 15 is 0 Å². The highest BCUT2D eigenvalue weighted by Crippen LogP contribution is 2.43. The first kappa shape index (κ1) is 13.4. The second-order valence-corrected chi connectivity index (χ2v) is 5.65. The molecule has 22 heavy (non-hydrogen) atoms. The topological polar surface area (TPSA) is 64.8 Å². The maximum Gasteiger partial charge on any atom is 0.247 e. The van der Waals surface area contributed by atoms with Crippen molar-refractivity contribution in [2.45, 2.75) is 12.1 Å². The van der Waals surface area contributed by atoms with E-state index < -0.39 is 6.04 Å². The fraction of sp³-hybridized carbons (Fsp3) is 0.188. The number of hydrogen-bond donors (Lipinski definition) is 1. The average Bonchev–Trinajstić information content (AvgIpc) is 3.00. The maximum atomic E-state index is 12.2. The number of hydrogen-bond acceptors (Lipinski definition) is 4. The van der Waals surface area contributed by atoms with E-state index in [1.54, 1.807) is 23.1 Å². The highest BCUT2D eigenvalue weighted by molar-refractivity contribution is 6.31. The van der Waals surface area contributed by atoms with Crippen LogP contribution < -0.4 is 20.1 Å². The largest absolute Gasteiger partial charge is 0.454 e. The van der Waals surface area contributed by atoms with Gasteiger partial charge in [-0.25, -0.2) is 0 Å². The molecule has 2 atom stereocenters. The Morgan fingerprint density at radius 1 is 1.14 bits per heavy atom. The Labute approximate surface area is 132 Å². The molecular weight excluding hydrogens is 304 g/mol. The van der Waals surface area contributed by atoms with Crippen molar-refractivity contribution in [3.05, 3.63) is 53.1 Å². The molecule has 2 N–H and O–H groups in total. The van der Waals surface area contributed by atoms with E-state index in [9.17, 15) is 4.79 Å². The molecular formula is C16H13ClN2O3. The summed E-state index contributed by atoms with van der Waals surface area (Å²) in [6.45, 7) is 0.195. The number of halogens is 1. The summed E-state index contributed by atoms with van der Waals surface area (Å²) in [6.07, 6.45) is 0. The molecule has 0 bridgehead atoms. The number of nitrogens with two attached hydrogens (primary N) is 1. The van der Waals surface area contributed by atoms with Crippen LogP contribution in [0.15, 0.2) is 42.5 Å². The Kier molecular flexibility index (Phi) is 2.99. The molecule has 2 aliphatic heterocycles. The number of nitrogens with zero attached hydrogens (tertiary/aromatic N) is 1. The van der Waals surface area contributed by atoms with Crippen LogP contribution in [0.3, 0.4) is 0 Å². The molecule has 0 unspecified atom stereocenters. The van der Waals surface area contributed by atoms with Crippen LogP contribution in [-0.2, 0) is 4.79 Å². The van der Waals surface area contributed by atoms with E-state index in [0.29, 0.717) is 16.5 Å². The van der Waals surface area contributed by atoms with E-state index in [1.807, 2.05) is 24.3 Å². The zero-order valence-corrected chi connectivity index (χ0v) is 12.3. The van der Waals surface area contributed by atoms with Gasteiger partial charge in [-0.2, -0.15) is 0 Å². The van der Waals surface area contributed by atoms with Gasteiger partial charge in [0.2, 0.25) is 12.7 Å². The fourth-order valence-corrected chi connectivity index (χ4v) is 3.13. The number of carbonyl (C=O) groups is 1. The van der Waals surface area contributed by atoms with Crippen molar-refractivity contribution < 1.29 is 14.3 Å². The Morgan fingerprint density at radius 3 is 2.73 bits per heavy atom. The Bertz CT molecular complexity index is 765. The minimum absolute atomic E-state index is 0.135. The minimum atomic E-state index is -0.592. The smallest absolute Gasteiger partial charge is 0.247 e. The van der Waals surface area contributed by atoms with Gasteiger partial charge in [0.1, 0.15) is 6.04 Å². The molecule has 1 fully saturated rings. The van der Waals surface area contributed by atoms with Crippen LogP contribution in [0.4, 0.5) is 5.69 Å². The van der Waals surface area contributed by atoms with E-state index in [4.69, 9.17) is 26.8 Å². The van der Waals surface area contributed by atoms with Crippen LogP contribution in [0, 0.1) is 0 Å². The van der Waals surface area contributed by atoms with Crippen molar-refractivity contribution in [3.8, 4) is 11.5 Å². The zero-order valence-electron chi connectivity index (χ0n) is 11.5. The third kappa shape index (κ3) is 1.86. The van der Waals surface area contributed by atoms with Crippen LogP contribution in [0.25, 0.3) is 0 Å². The molecule has 0 aromatic heterocycles. The van der Waals surface area contributed by atoms with Crippen LogP contribution in [0.5, 0.6) is 11.5 Å². The molecule has 0 radical (unpaired) electrons. The third-order valence-electron chi connectivity index (χ3n) is 4.00. The maximum absolute atomic E-state index is 12.2. The monoisotopic (exact) mass is 316 g/mol. The van der Waals surface area contributed by atoms with E-state index in [0.717, 1.165) is 11.3 Å². The van der Waals surface area contributed by atoms with Gasteiger partial charge in [-0.1, -0.05) is 29.8 Å². The normalized spacial score (nSPS) is 22.6. The first-order valence-electron chi connectivity index (χ1n) is 6.89. The van der Waals surface area contributed by atoms with E-state index in [2.05, 4.69) is 0 Å². The molecule has 4 rings (SSSR count). The van der Waals surface area contributed by atoms with Crippen molar-refractivity contribution in [1.82, 2.24) is 0 Å². The molecule has 6 heteroatoms. The number of benzene rings is 2. The summed E-state index contributed by atoms with van der Waals surface area (Å²) >= 11 is 6.25. The van der Waals surface area contributed by atoms with Crippen molar-refractivity contribution >= 4 is 23.2 Å². The highest BCUT2D eigenvalue weighted by Gasteiger charge is 2.47. The number of carbonyl (C=O) groups excluding carboxylic acids is 1. The zero-order chi connectivity index (χ0) is 15.3. The lowest BCUT2D eigenvalue weighted by Gasteiger charge is -2.45. The average molecular weight is 317 g/mol. The number of β-lactam (4-membered cyclic amide) rings is 1. The van der Waals surface area contributed by atoms with Gasteiger partial charge in [-0.15, -0.1) is 0 Å². The van der Waals surface area contributed by atoms with Crippen molar-refractivity contribution in [2.75, 3.05) is 11.7 Å². The molecule has 0 aliphatic carbocycles. The Morgan fingerprint density at radius 2 is 1.91 bits per heavy atom. The standard InChI is InChI=1S/C16H13ClN2O3/c17-11-4-2-1-3-10(11)15-14(18)16(20)19(15)9-5-6-12-13(7-9)22-8-21-12/h1-7,14-15H,8,18H2/t14-,15-/m1/s1. The van der Waals surface area contributed by atoms with Crippen molar-refractivity contribution in [2.24, 2.45) is 5.73 Å². The molecule has 2 aromatic rings. The van der Waals surface area contributed by atoms with Crippen molar-refractivity contribution in [1.29, 1.82) is 0 Å². The van der Waals surface area contributed by atoms with Crippen LogP contribution >= 0.6 is 11.6 Å². The number of fused-ring (bicyclic) bond motifs is 1. The van der Waals surface area contributed by atoms with Gasteiger partial charge in [0.05, 0.1) is 6.04 Å². The second kappa shape index (κ2) is 4.90. The minimum Gasteiger partial charge on any atom is -0.454 e. The number of anilines is 1. The highest BCUT2D eigenvalue weighted by atomic mass is 35.5. The summed E-state index contributed by atoms with van der Waals surface area (Å²) in [5.74, 6) is 1.17. The predicted octanol–water partition coefficient (Wildman–Crippen LogP) is 2.48.